The van der Waals surface area contributed by atoms with E-state index in [9.17, 15) is 80.6 Å². The van der Waals surface area contributed by atoms with Gasteiger partial charge in [0, 0.05) is 50.0 Å². The lowest BCUT2D eigenvalue weighted by atomic mass is 9.48. The highest BCUT2D eigenvalue weighted by molar-refractivity contribution is 7.98. The van der Waals surface area contributed by atoms with E-state index in [2.05, 4.69) is 299 Å². The minimum atomic E-state index is -4.63. The highest BCUT2D eigenvalue weighted by Crippen LogP contribution is 2.62. The smallest absolute Gasteiger partial charge is 0.509 e. The van der Waals surface area contributed by atoms with Gasteiger partial charge in [0.15, 0.2) is 66.8 Å². The van der Waals surface area contributed by atoms with Gasteiger partial charge in [-0.1, -0.05) is 205 Å². The van der Waals surface area contributed by atoms with E-state index in [1.807, 2.05) is 24.3 Å². The average Bonchev–Trinajstić information content (AvgIpc) is 1.59. The summed E-state index contributed by atoms with van der Waals surface area (Å²) in [4.78, 5) is 82.4. The Hall–Kier alpha value is -9.78. The number of hydrogen-bond donors (Lipinski definition) is 0. The summed E-state index contributed by atoms with van der Waals surface area (Å²) < 4.78 is 155. The molecule has 774 valence electrons. The predicted molar refractivity (Wildman–Crippen MR) is 559 cm³/mol. The molecule has 0 radical (unpaired) electrons. The van der Waals surface area contributed by atoms with Crippen LogP contribution >= 0.6 is 0 Å². The Balaban J connectivity index is 0.000000139. The van der Waals surface area contributed by atoms with Gasteiger partial charge < -0.3 is 46.6 Å². The second-order valence-corrected chi connectivity index (χ2v) is 55.2. The lowest BCUT2D eigenvalue weighted by Gasteiger charge is -2.56. The summed E-state index contributed by atoms with van der Waals surface area (Å²) in [5.74, 6) is 0.900. The van der Waals surface area contributed by atoms with Gasteiger partial charge >= 0.3 is 18.1 Å². The van der Waals surface area contributed by atoms with E-state index >= 15 is 0 Å². The lowest BCUT2D eigenvalue weighted by Crippen LogP contribution is -2.51. The van der Waals surface area contributed by atoms with Gasteiger partial charge in [0.05, 0.1) is 70.4 Å². The first kappa shape index (κ1) is 112. The van der Waals surface area contributed by atoms with Gasteiger partial charge in [-0.3, -0.25) is 24.0 Å². The standard InChI is InChI=1S/C19H17S.2C18H15S.C17H25O3S.C13H20O6S.C12H18O4S.C10H12O7S.C6H12O4S/c1-16-12-14-19(15-13-16)20(17-8-4-2-5-9-17)18-10-6-3-7-11-18;2*1-4-10-16(11-5-1)19(17-12-6-2-7-13-17)18-14-8-3-9-15-18;1-17(2,3)16(21-11-9-20-10-12-21)15(18)13-5-7-14(19-4)8-6-13;14-12(19-8-20(15,16)17)18-7-13-4-9-1-10(5-13)3-11(2-9)6-13;13-11(7-17(14,15)16)12-4-8-1-9(5-12)3-10(2-8)6-12;11-7(3-18(13,14)15)16-8-4-1-5-6(2-4)10(12)17-9(5)8;1-6(2,3)5(7)4-11(8,9)10/h2-15H,1H3;2*1-15H;5-8,16H,9-12H2,1-4H3;9-11H,1-8H2,(H,15,16,17);8-10H,1-7H2,(H,14,15,16);4-6,8-9H,1-3H2,(H,13,14,15);4H2,1-3H3,(H,8,9,10)/q4*+1;;;;/p-4. The summed E-state index contributed by atoms with van der Waals surface area (Å²) >= 11 is 0. The van der Waals surface area contributed by atoms with E-state index in [1.165, 1.54) is 88.1 Å². The zero-order chi connectivity index (χ0) is 104. The van der Waals surface area contributed by atoms with Gasteiger partial charge in [-0.05, 0) is 266 Å². The molecule has 2 saturated heterocycles. The number of ether oxygens (including phenoxy) is 6. The van der Waals surface area contributed by atoms with E-state index in [1.54, 1.807) is 27.9 Å². The molecule has 10 aromatic carbocycles. The van der Waals surface area contributed by atoms with Crippen molar-refractivity contribution in [3.05, 3.63) is 302 Å². The molecule has 0 amide bonds. The molecule has 0 N–H and O–H groups in total. The third-order valence-corrected chi connectivity index (χ3v) is 39.7. The number of fused-ring (bicyclic) bond motifs is 1. The van der Waals surface area contributed by atoms with Crippen LogP contribution in [0.15, 0.2) is 335 Å². The molecule has 10 saturated carbocycles. The van der Waals surface area contributed by atoms with Crippen LogP contribution in [0, 0.1) is 81.8 Å². The van der Waals surface area contributed by atoms with Gasteiger partial charge in [-0.25, -0.2) is 38.5 Å². The Labute approximate surface area is 866 Å². The lowest BCUT2D eigenvalue weighted by molar-refractivity contribution is -0.159. The molecule has 145 heavy (non-hydrogen) atoms. The van der Waals surface area contributed by atoms with Crippen molar-refractivity contribution in [2.24, 2.45) is 74.9 Å². The van der Waals surface area contributed by atoms with Crippen molar-refractivity contribution >= 4 is 119 Å². The Bertz CT molecular complexity index is 5990. The molecule has 2 heterocycles. The summed E-state index contributed by atoms with van der Waals surface area (Å²) in [6, 6.07) is 102. The highest BCUT2D eigenvalue weighted by Gasteiger charge is 2.64. The molecule has 6 atom stereocenters. The number of carbonyl (C=O) groups is 6. The molecule has 12 aliphatic rings. The maximum absolute atomic E-state index is 13.0. The minimum Gasteiger partial charge on any atom is -0.748 e. The van der Waals surface area contributed by atoms with Crippen molar-refractivity contribution in [3.63, 3.8) is 0 Å². The fourth-order valence-electron chi connectivity index (χ4n) is 22.5. The van der Waals surface area contributed by atoms with Crippen LogP contribution in [-0.2, 0) is 127 Å². The summed E-state index contributed by atoms with van der Waals surface area (Å²) in [6.45, 7) is 15.2. The van der Waals surface area contributed by atoms with Crippen LogP contribution in [-0.4, -0.2) is 166 Å². The molecular formula is C113H130O24S8. The summed E-state index contributed by atoms with van der Waals surface area (Å²) in [5, 5.41) is 0.0646. The zero-order valence-electron chi connectivity index (χ0n) is 83.0. The Morgan fingerprint density at radius 2 is 0.772 bits per heavy atom. The normalized spacial score (nSPS) is 23.5. The maximum Gasteiger partial charge on any atom is 0.509 e. The summed E-state index contributed by atoms with van der Waals surface area (Å²) in [5.41, 5.74) is 0.916. The van der Waals surface area contributed by atoms with Crippen LogP contribution in [0.5, 0.6) is 5.75 Å². The van der Waals surface area contributed by atoms with E-state index < -0.39 is 105 Å². The van der Waals surface area contributed by atoms with Gasteiger partial charge in [-0.2, -0.15) is 0 Å². The van der Waals surface area contributed by atoms with E-state index in [4.69, 9.17) is 23.7 Å². The van der Waals surface area contributed by atoms with Crippen LogP contribution < -0.4 is 4.74 Å². The molecule has 2 aliphatic heterocycles. The van der Waals surface area contributed by atoms with E-state index in [0.29, 0.717) is 24.2 Å². The van der Waals surface area contributed by atoms with Crippen molar-refractivity contribution in [2.45, 2.75) is 200 Å². The van der Waals surface area contributed by atoms with Crippen molar-refractivity contribution < 1.29 is 109 Å². The monoisotopic (exact) mass is 2130 g/mol. The fraction of sp³-hybridized carbons (Fsp3) is 0.416. The number of benzene rings is 10. The van der Waals surface area contributed by atoms with Gasteiger partial charge in [0.25, 0.3) is 0 Å². The van der Waals surface area contributed by atoms with Crippen LogP contribution in [0.1, 0.15) is 147 Å². The third-order valence-electron chi connectivity index (χ3n) is 27.8. The van der Waals surface area contributed by atoms with Gasteiger partial charge in [0.2, 0.25) is 5.78 Å². The molecular weight excluding hydrogens is 2000 g/mol. The molecule has 0 aromatic heterocycles. The average molecular weight is 2130 g/mol. The quantitative estimate of drug-likeness (QED) is 0.0169. The minimum absolute atomic E-state index is 0.0146. The molecule has 24 nitrogen and oxygen atoms in total. The fourth-order valence-corrected chi connectivity index (χ4v) is 33.5. The molecule has 10 aromatic rings. The third kappa shape index (κ3) is 32.9. The second-order valence-electron chi connectivity index (χ2n) is 41.2. The predicted octanol–water partition coefficient (Wildman–Crippen LogP) is 19.9. The summed E-state index contributed by atoms with van der Waals surface area (Å²) in [6.07, 6.45) is 12.5. The molecule has 10 aliphatic carbocycles. The number of Topliss-reactive ketones (excluding diaryl/α,β-unsaturated/α-hetero) is 3. The van der Waals surface area contributed by atoms with E-state index in [0.717, 1.165) is 98.7 Å². The van der Waals surface area contributed by atoms with Crippen molar-refractivity contribution in [1.29, 1.82) is 0 Å². The van der Waals surface area contributed by atoms with Crippen LogP contribution in [0.25, 0.3) is 0 Å². The molecule has 10 bridgehead atoms. The van der Waals surface area contributed by atoms with Crippen molar-refractivity contribution in [3.8, 4) is 5.75 Å². The molecule has 32 heteroatoms. The first-order chi connectivity index (χ1) is 68.8. The number of carbonyl (C=O) groups excluding carboxylic acids is 6. The zero-order valence-corrected chi connectivity index (χ0v) is 89.5. The molecule has 6 unspecified atom stereocenters. The number of hydrogen-bond acceptors (Lipinski definition) is 24. The van der Waals surface area contributed by atoms with Gasteiger partial charge in [-0.15, -0.1) is 0 Å². The maximum atomic E-state index is 13.0. The summed E-state index contributed by atoms with van der Waals surface area (Å²) in [7, 11) is -16.3. The van der Waals surface area contributed by atoms with Crippen molar-refractivity contribution in [2.75, 3.05) is 61.6 Å². The van der Waals surface area contributed by atoms with Gasteiger partial charge in [0.1, 0.15) is 82.3 Å². The highest BCUT2D eigenvalue weighted by atomic mass is 32.2. The molecule has 0 spiro atoms. The Kier molecular flexibility index (Phi) is 39.1. The first-order valence-corrected chi connectivity index (χ1v) is 60.6. The van der Waals surface area contributed by atoms with Crippen LogP contribution in [0.3, 0.4) is 0 Å². The van der Waals surface area contributed by atoms with E-state index in [-0.39, 0.29) is 102 Å². The topological polar surface area (TPSA) is 387 Å². The molecule has 22 rings (SSSR count). The second kappa shape index (κ2) is 50.5. The van der Waals surface area contributed by atoms with Crippen LogP contribution in [0.4, 0.5) is 4.79 Å². The SMILES string of the molecule is CC(C)(C)C(=O)CS(=O)(=O)[O-].COc1ccc(C(=O)C([S+]2CCOCC2)C(C)(C)C)cc1.Cc1ccc([S+](c2ccccc2)c2ccccc2)cc1.O=C(CS(=O)(=O)[O-])C12CC3CC(CC(C3)C1)C2.O=C(CS(=O)(=O)[O-])OC1C2CC3C(=O)OC1C3C2.O=C(OCC12CC3CC(CC(C3)C1)C2)OCS(=O)(=O)[O-].c1ccc([S+](c2ccccc2)c2ccccc2)cc1.c1ccc([S+](c2ccccc2)c2ccccc2)cc1. The number of ketones is 3. The number of rotatable bonds is 25. The van der Waals surface area contributed by atoms with Crippen molar-refractivity contribution in [1.82, 2.24) is 0 Å². The van der Waals surface area contributed by atoms with Crippen LogP contribution in [0.2, 0.25) is 0 Å². The largest absolute Gasteiger partial charge is 0.748 e. The molecule has 12 fully saturated rings. The number of aryl methyl sites for hydroxylation is 1. The Morgan fingerprint density at radius 3 is 1.09 bits per heavy atom. The number of esters is 2. The first-order valence-electron chi connectivity index (χ1n) is 49.0. The number of methoxy groups -OCH3 is 1. The Morgan fingerprint density at radius 1 is 0.428 bits per heavy atom.